The number of carbonyl (C=O) groups is 1. The van der Waals surface area contributed by atoms with Gasteiger partial charge in [-0.15, -0.1) is 0 Å². The zero-order valence-electron chi connectivity index (χ0n) is 17.4. The highest BCUT2D eigenvalue weighted by Gasteiger charge is 2.25. The molecule has 32 heavy (non-hydrogen) atoms. The molecule has 0 bridgehead atoms. The summed E-state index contributed by atoms with van der Waals surface area (Å²) >= 11 is 2.20. The molecule has 1 aliphatic rings. The van der Waals surface area contributed by atoms with Crippen LogP contribution in [0.3, 0.4) is 0 Å². The van der Waals surface area contributed by atoms with Crippen molar-refractivity contribution in [3.8, 4) is 0 Å². The first-order valence-electron chi connectivity index (χ1n) is 10.3. The molecule has 1 unspecified atom stereocenters. The molecule has 1 amide bonds. The second kappa shape index (κ2) is 9.69. The number of nitrogens with zero attached hydrogens (tertiary/aromatic N) is 2. The fourth-order valence-electron chi connectivity index (χ4n) is 3.36. The molecular formula is C22H24FIN4O4. The molecule has 1 saturated carbocycles. The third-order valence-corrected chi connectivity index (χ3v) is 6.02. The molecule has 1 aliphatic carbocycles. The zero-order chi connectivity index (χ0) is 22.8. The second-order valence-corrected chi connectivity index (χ2v) is 9.23. The Balaban J connectivity index is 1.74. The highest BCUT2D eigenvalue weighted by Crippen LogP contribution is 2.33. The van der Waals surface area contributed by atoms with Crippen molar-refractivity contribution >= 4 is 50.9 Å². The van der Waals surface area contributed by atoms with E-state index >= 15 is 4.39 Å². The number of benzene rings is 2. The van der Waals surface area contributed by atoms with Crippen molar-refractivity contribution in [3.63, 3.8) is 0 Å². The summed E-state index contributed by atoms with van der Waals surface area (Å²) in [5, 5.41) is 22.0. The van der Waals surface area contributed by atoms with E-state index in [0.29, 0.717) is 23.7 Å². The number of aliphatic hydroxyl groups is 2. The fourth-order valence-corrected chi connectivity index (χ4v) is 4.00. The van der Waals surface area contributed by atoms with E-state index in [1.54, 1.807) is 0 Å². The number of anilines is 2. The smallest absolute Gasteiger partial charge is 0.277 e. The molecule has 0 radical (unpaired) electrons. The topological polar surface area (TPSA) is 109 Å². The summed E-state index contributed by atoms with van der Waals surface area (Å²) in [5.74, 6) is -0.833. The van der Waals surface area contributed by atoms with E-state index in [-0.39, 0.29) is 23.3 Å². The minimum Gasteiger partial charge on any atom is -0.394 e. The molecule has 1 fully saturated rings. The van der Waals surface area contributed by atoms with Crippen LogP contribution in [0.4, 0.5) is 15.8 Å². The van der Waals surface area contributed by atoms with E-state index in [4.69, 9.17) is 9.94 Å². The van der Waals surface area contributed by atoms with E-state index in [2.05, 4.69) is 38.4 Å². The molecule has 8 nitrogen and oxygen atoms in total. The maximum Gasteiger partial charge on any atom is 0.277 e. The molecule has 4 rings (SSSR count). The van der Waals surface area contributed by atoms with Crippen molar-refractivity contribution in [2.45, 2.75) is 32.4 Å². The largest absolute Gasteiger partial charge is 0.394 e. The first-order chi connectivity index (χ1) is 15.4. The van der Waals surface area contributed by atoms with Crippen LogP contribution < -0.4 is 10.8 Å². The van der Waals surface area contributed by atoms with Crippen LogP contribution in [0.25, 0.3) is 11.0 Å². The third-order valence-electron chi connectivity index (χ3n) is 5.35. The molecular weight excluding hydrogens is 530 g/mol. The van der Waals surface area contributed by atoms with Crippen molar-refractivity contribution in [3.05, 3.63) is 51.1 Å². The third kappa shape index (κ3) is 5.03. The van der Waals surface area contributed by atoms with Gasteiger partial charge in [0.2, 0.25) is 0 Å². The van der Waals surface area contributed by atoms with Crippen molar-refractivity contribution in [1.29, 1.82) is 0 Å². The summed E-state index contributed by atoms with van der Waals surface area (Å²) in [6.07, 6.45) is 2.48. The Kier molecular flexibility index (Phi) is 6.93. The average Bonchev–Trinajstić information content (AvgIpc) is 3.50. The van der Waals surface area contributed by atoms with Crippen LogP contribution in [0.5, 0.6) is 0 Å². The number of nitrogens with one attached hydrogen (secondary N) is 2. The van der Waals surface area contributed by atoms with Gasteiger partial charge < -0.3 is 20.1 Å². The number of aromatic nitrogens is 2. The first-order valence-corrected chi connectivity index (χ1v) is 11.4. The van der Waals surface area contributed by atoms with Crippen molar-refractivity contribution < 1.29 is 24.2 Å². The fraction of sp³-hybridized carbons (Fsp3) is 0.364. The quantitative estimate of drug-likeness (QED) is 0.239. The predicted molar refractivity (Wildman–Crippen MR) is 126 cm³/mol. The molecule has 170 valence electrons. The van der Waals surface area contributed by atoms with E-state index < -0.39 is 24.4 Å². The predicted octanol–water partition coefficient (Wildman–Crippen LogP) is 3.26. The number of halogens is 2. The minimum absolute atomic E-state index is 0.00862. The Morgan fingerprint density at radius 2 is 2.19 bits per heavy atom. The maximum absolute atomic E-state index is 15.6. The molecule has 0 aliphatic heterocycles. The number of hydrogen-bond donors (Lipinski definition) is 4. The van der Waals surface area contributed by atoms with Gasteiger partial charge in [-0.25, -0.2) is 14.9 Å². The lowest BCUT2D eigenvalue weighted by Gasteiger charge is -2.16. The van der Waals surface area contributed by atoms with Gasteiger partial charge in [0.25, 0.3) is 5.91 Å². The van der Waals surface area contributed by atoms with E-state index in [0.717, 1.165) is 22.0 Å². The van der Waals surface area contributed by atoms with Crippen LogP contribution in [0.15, 0.2) is 30.6 Å². The number of carbonyl (C=O) groups excluding carboxylic acids is 1. The Hall–Kier alpha value is -2.28. The van der Waals surface area contributed by atoms with Crippen molar-refractivity contribution in [2.24, 2.45) is 5.92 Å². The van der Waals surface area contributed by atoms with Gasteiger partial charge in [0, 0.05) is 9.26 Å². The molecule has 1 aromatic heterocycles. The summed E-state index contributed by atoms with van der Waals surface area (Å²) in [6, 6.07) is 7.16. The Morgan fingerprint density at radius 3 is 2.88 bits per heavy atom. The van der Waals surface area contributed by atoms with Crippen LogP contribution >= 0.6 is 22.6 Å². The lowest BCUT2D eigenvalue weighted by Crippen LogP contribution is -2.26. The molecule has 1 heterocycles. The molecule has 0 saturated heterocycles. The second-order valence-electron chi connectivity index (χ2n) is 7.98. The Labute approximate surface area is 197 Å². The summed E-state index contributed by atoms with van der Waals surface area (Å²) in [7, 11) is 0. The van der Waals surface area contributed by atoms with Gasteiger partial charge >= 0.3 is 0 Å². The minimum atomic E-state index is -1.04. The van der Waals surface area contributed by atoms with E-state index in [9.17, 15) is 9.90 Å². The highest BCUT2D eigenvalue weighted by atomic mass is 127. The van der Waals surface area contributed by atoms with Crippen LogP contribution in [0.1, 0.15) is 28.8 Å². The van der Waals surface area contributed by atoms with Crippen LogP contribution in [-0.2, 0) is 11.4 Å². The summed E-state index contributed by atoms with van der Waals surface area (Å²) in [5.41, 5.74) is 4.37. The first kappa shape index (κ1) is 22.9. The van der Waals surface area contributed by atoms with Crippen LogP contribution in [-0.4, -0.2) is 45.0 Å². The summed E-state index contributed by atoms with van der Waals surface area (Å²) in [6.45, 7) is 1.87. The van der Waals surface area contributed by atoms with Gasteiger partial charge in [-0.05, 0) is 78.1 Å². The van der Waals surface area contributed by atoms with E-state index in [1.165, 1.54) is 17.0 Å². The van der Waals surface area contributed by atoms with Gasteiger partial charge in [-0.2, -0.15) is 0 Å². The average molecular weight is 554 g/mol. The summed E-state index contributed by atoms with van der Waals surface area (Å²) < 4.78 is 18.1. The number of hydroxylamine groups is 1. The molecule has 3 aromatic rings. The standard InChI is InChI=1S/C22H24FIN4O4/c1-12-6-14(24)4-5-17(12)26-20-16(22(31)27-32-10-13-2-3-13)7-18-21(19(20)23)25-11-28(18)8-15(30)9-29/h4-7,11,13,15,26,29-30H,2-3,8-10H2,1H3,(H,27,31). The number of hydrogen-bond acceptors (Lipinski definition) is 6. The Morgan fingerprint density at radius 1 is 1.41 bits per heavy atom. The molecule has 4 N–H and O–H groups in total. The van der Waals surface area contributed by atoms with Crippen molar-refractivity contribution in [1.82, 2.24) is 15.0 Å². The summed E-state index contributed by atoms with van der Waals surface area (Å²) in [4.78, 5) is 22.4. The maximum atomic E-state index is 15.6. The normalized spacial score (nSPS) is 14.5. The zero-order valence-corrected chi connectivity index (χ0v) is 19.6. The monoisotopic (exact) mass is 554 g/mol. The van der Waals surface area contributed by atoms with Crippen molar-refractivity contribution in [2.75, 3.05) is 18.5 Å². The number of aryl methyl sites for hydroxylation is 1. The number of imidazole rings is 1. The molecule has 1 atom stereocenters. The van der Waals surface area contributed by atoms with Gasteiger partial charge in [0.1, 0.15) is 5.52 Å². The molecule has 2 aromatic carbocycles. The Bertz CT molecular complexity index is 1150. The van der Waals surface area contributed by atoms with Crippen LogP contribution in [0, 0.1) is 22.2 Å². The molecule has 0 spiro atoms. The SMILES string of the molecule is Cc1cc(I)ccc1Nc1c(C(=O)NOCC2CC2)cc2c(ncn2CC(O)CO)c1F. The van der Waals surface area contributed by atoms with E-state index in [1.807, 2.05) is 25.1 Å². The number of amides is 1. The highest BCUT2D eigenvalue weighted by molar-refractivity contribution is 14.1. The van der Waals surface area contributed by atoms with Gasteiger partial charge in [-0.1, -0.05) is 0 Å². The van der Waals surface area contributed by atoms with Crippen LogP contribution in [0.2, 0.25) is 0 Å². The number of fused-ring (bicyclic) bond motifs is 1. The lowest BCUT2D eigenvalue weighted by molar-refractivity contribution is 0.0271. The molecule has 10 heteroatoms. The lowest BCUT2D eigenvalue weighted by atomic mass is 10.1. The van der Waals surface area contributed by atoms with Gasteiger partial charge in [-0.3, -0.25) is 9.63 Å². The number of aliphatic hydroxyl groups excluding tert-OH is 2. The van der Waals surface area contributed by atoms with Gasteiger partial charge in [0.05, 0.1) is 49.0 Å². The van der Waals surface area contributed by atoms with Gasteiger partial charge in [0.15, 0.2) is 5.82 Å². The number of rotatable bonds is 9.